The molecule has 0 unspecified atom stereocenters. The summed E-state index contributed by atoms with van der Waals surface area (Å²) in [4.78, 5) is 31.4. The Morgan fingerprint density at radius 3 is 2.78 bits per heavy atom. The molecule has 5 rings (SSSR count). The van der Waals surface area contributed by atoms with Gasteiger partial charge in [-0.3, -0.25) is 19.4 Å². The van der Waals surface area contributed by atoms with Gasteiger partial charge in [0.05, 0.1) is 17.1 Å². The first-order valence-electron chi connectivity index (χ1n) is 11.6. The number of aryl methyl sites for hydroxylation is 1. The highest BCUT2D eigenvalue weighted by Gasteiger charge is 2.24. The van der Waals surface area contributed by atoms with E-state index in [2.05, 4.69) is 5.32 Å². The number of pyridine rings is 2. The van der Waals surface area contributed by atoms with E-state index in [-0.39, 0.29) is 34.7 Å². The van der Waals surface area contributed by atoms with Crippen LogP contribution in [0.25, 0.3) is 16.7 Å². The molecule has 0 bridgehead atoms. The molecule has 168 valence electrons. The molecular weight excluding hydrogens is 406 g/mol. The van der Waals surface area contributed by atoms with Crippen molar-refractivity contribution < 1.29 is 9.53 Å². The van der Waals surface area contributed by atoms with Crippen LogP contribution in [0.15, 0.2) is 29.2 Å². The lowest BCUT2D eigenvalue weighted by atomic mass is 9.94. The van der Waals surface area contributed by atoms with E-state index >= 15 is 0 Å². The molecule has 1 aliphatic heterocycles. The number of ether oxygens (including phenoxy) is 1. The summed E-state index contributed by atoms with van der Waals surface area (Å²) in [5, 5.41) is 12.2. The second-order valence-corrected chi connectivity index (χ2v) is 8.95. The smallest absolute Gasteiger partial charge is 0.267 e. The van der Waals surface area contributed by atoms with Crippen molar-refractivity contribution in [3.05, 3.63) is 51.4 Å². The summed E-state index contributed by atoms with van der Waals surface area (Å²) in [6, 6.07) is 5.35. The molecule has 0 aromatic carbocycles. The number of aromatic nitrogens is 3. The number of nitrogens with one attached hydrogen (secondary N) is 2. The molecule has 1 saturated carbocycles. The monoisotopic (exact) mass is 435 g/mol. The Kier molecular flexibility index (Phi) is 5.55. The van der Waals surface area contributed by atoms with Crippen molar-refractivity contribution >= 4 is 22.6 Å². The van der Waals surface area contributed by atoms with Crippen molar-refractivity contribution in [1.29, 1.82) is 5.41 Å². The minimum Gasteiger partial charge on any atom is -0.376 e. The average Bonchev–Trinajstić information content (AvgIpc) is 3.32. The van der Waals surface area contributed by atoms with Gasteiger partial charge < -0.3 is 14.6 Å². The third-order valence-corrected chi connectivity index (χ3v) is 6.78. The molecule has 1 saturated heterocycles. The van der Waals surface area contributed by atoms with Gasteiger partial charge in [-0.05, 0) is 50.3 Å². The van der Waals surface area contributed by atoms with Gasteiger partial charge in [-0.1, -0.05) is 25.3 Å². The molecule has 2 fully saturated rings. The molecule has 2 N–H and O–H groups in total. The Balaban J connectivity index is 1.69. The highest BCUT2D eigenvalue weighted by atomic mass is 16.5. The molecule has 3 aromatic rings. The van der Waals surface area contributed by atoms with Crippen LogP contribution < -0.4 is 16.4 Å². The molecule has 3 aromatic heterocycles. The highest BCUT2D eigenvalue weighted by molar-refractivity contribution is 5.96. The average molecular weight is 436 g/mol. The van der Waals surface area contributed by atoms with E-state index in [1.54, 1.807) is 12.3 Å². The SMILES string of the molecule is Cc1cccn2c(=O)c3cc(C(=O)NC[C@@H]4CCCO4)c(=N)n(C4CCCCC4)c3nc12. The maximum absolute atomic E-state index is 13.4. The van der Waals surface area contributed by atoms with Crippen molar-refractivity contribution in [3.8, 4) is 0 Å². The number of carbonyl (C=O) groups excluding carboxylic acids is 1. The van der Waals surface area contributed by atoms with Crippen molar-refractivity contribution in [2.24, 2.45) is 0 Å². The topological polar surface area (TPSA) is 101 Å². The summed E-state index contributed by atoms with van der Waals surface area (Å²) in [6.45, 7) is 3.05. The zero-order chi connectivity index (χ0) is 22.2. The molecular formula is C24H29N5O3. The Morgan fingerprint density at radius 2 is 2.03 bits per heavy atom. The first-order chi connectivity index (χ1) is 15.5. The zero-order valence-electron chi connectivity index (χ0n) is 18.4. The van der Waals surface area contributed by atoms with Crippen LogP contribution in [0.4, 0.5) is 0 Å². The molecule has 1 amide bonds. The Bertz CT molecular complexity index is 1300. The van der Waals surface area contributed by atoms with Crippen LogP contribution >= 0.6 is 0 Å². The van der Waals surface area contributed by atoms with Gasteiger partial charge in [0.1, 0.15) is 16.8 Å². The molecule has 8 nitrogen and oxygen atoms in total. The Morgan fingerprint density at radius 1 is 1.22 bits per heavy atom. The lowest BCUT2D eigenvalue weighted by molar-refractivity contribution is 0.0855. The molecule has 1 aliphatic carbocycles. The lowest BCUT2D eigenvalue weighted by Crippen LogP contribution is -2.39. The number of hydrogen-bond acceptors (Lipinski definition) is 5. The van der Waals surface area contributed by atoms with Crippen LogP contribution in [0.2, 0.25) is 0 Å². The van der Waals surface area contributed by atoms with Crippen LogP contribution in [-0.4, -0.2) is 39.1 Å². The largest absolute Gasteiger partial charge is 0.376 e. The van der Waals surface area contributed by atoms with Gasteiger partial charge in [0.25, 0.3) is 11.5 Å². The van der Waals surface area contributed by atoms with Gasteiger partial charge in [-0.15, -0.1) is 0 Å². The molecule has 0 radical (unpaired) electrons. The van der Waals surface area contributed by atoms with Gasteiger partial charge in [0.2, 0.25) is 0 Å². The fourth-order valence-electron chi connectivity index (χ4n) is 5.03. The van der Waals surface area contributed by atoms with Crippen molar-refractivity contribution in [2.45, 2.75) is 64.0 Å². The Hall–Kier alpha value is -3.00. The summed E-state index contributed by atoms with van der Waals surface area (Å²) in [7, 11) is 0. The predicted molar refractivity (Wildman–Crippen MR) is 121 cm³/mol. The molecule has 0 spiro atoms. The van der Waals surface area contributed by atoms with Crippen LogP contribution in [-0.2, 0) is 4.74 Å². The third kappa shape index (κ3) is 3.62. The second kappa shape index (κ2) is 8.50. The third-order valence-electron chi connectivity index (χ3n) is 6.78. The highest BCUT2D eigenvalue weighted by Crippen LogP contribution is 2.29. The first-order valence-corrected chi connectivity index (χ1v) is 11.6. The van der Waals surface area contributed by atoms with Crippen molar-refractivity contribution in [1.82, 2.24) is 19.3 Å². The van der Waals surface area contributed by atoms with Gasteiger partial charge in [0, 0.05) is 25.4 Å². The number of amides is 1. The zero-order valence-corrected chi connectivity index (χ0v) is 18.4. The van der Waals surface area contributed by atoms with E-state index in [1.165, 1.54) is 10.8 Å². The summed E-state index contributed by atoms with van der Waals surface area (Å²) < 4.78 is 8.97. The van der Waals surface area contributed by atoms with E-state index in [0.717, 1.165) is 50.7 Å². The lowest BCUT2D eigenvalue weighted by Gasteiger charge is -2.26. The first kappa shape index (κ1) is 20.9. The maximum Gasteiger partial charge on any atom is 0.267 e. The number of hydrogen-bond donors (Lipinski definition) is 2. The van der Waals surface area contributed by atoms with E-state index in [4.69, 9.17) is 15.1 Å². The van der Waals surface area contributed by atoms with E-state index in [0.29, 0.717) is 23.2 Å². The normalized spacial score (nSPS) is 19.6. The number of rotatable bonds is 4. The second-order valence-electron chi connectivity index (χ2n) is 8.95. The standard InChI is InChI=1S/C24H29N5O3/c1-15-7-5-11-28-21(15)27-22-19(24(28)31)13-18(23(30)26-14-17-10-6-12-32-17)20(25)29(22)16-8-3-2-4-9-16/h5,7,11,13,16-17,25H,2-4,6,8-10,12,14H2,1H3,(H,26,30)/t17-/m0/s1. The number of carbonyl (C=O) groups is 1. The van der Waals surface area contributed by atoms with E-state index < -0.39 is 0 Å². The van der Waals surface area contributed by atoms with E-state index in [9.17, 15) is 9.59 Å². The number of fused-ring (bicyclic) bond motifs is 2. The molecule has 1 atom stereocenters. The van der Waals surface area contributed by atoms with Gasteiger partial charge >= 0.3 is 0 Å². The van der Waals surface area contributed by atoms with Crippen LogP contribution in [0.1, 0.15) is 66.9 Å². The Labute approximate surface area is 185 Å². The van der Waals surface area contributed by atoms with Crippen LogP contribution in [0, 0.1) is 12.3 Å². The summed E-state index contributed by atoms with van der Waals surface area (Å²) >= 11 is 0. The van der Waals surface area contributed by atoms with Crippen molar-refractivity contribution in [3.63, 3.8) is 0 Å². The van der Waals surface area contributed by atoms with Crippen molar-refractivity contribution in [2.75, 3.05) is 13.2 Å². The minimum absolute atomic E-state index is 0.0123. The quantitative estimate of drug-likeness (QED) is 0.615. The molecule has 8 heteroatoms. The van der Waals surface area contributed by atoms with E-state index in [1.807, 2.05) is 23.6 Å². The van der Waals surface area contributed by atoms with Gasteiger partial charge in [0.15, 0.2) is 0 Å². The fourth-order valence-corrected chi connectivity index (χ4v) is 5.03. The molecule has 32 heavy (non-hydrogen) atoms. The van der Waals surface area contributed by atoms with Crippen LogP contribution in [0.3, 0.4) is 0 Å². The van der Waals surface area contributed by atoms with Crippen LogP contribution in [0.5, 0.6) is 0 Å². The minimum atomic E-state index is -0.342. The fraction of sp³-hybridized carbons (Fsp3) is 0.500. The number of nitrogens with zero attached hydrogens (tertiary/aromatic N) is 3. The van der Waals surface area contributed by atoms with Gasteiger partial charge in [-0.2, -0.15) is 0 Å². The summed E-state index contributed by atoms with van der Waals surface area (Å²) in [5.74, 6) is -0.342. The summed E-state index contributed by atoms with van der Waals surface area (Å²) in [6.07, 6.45) is 8.78. The predicted octanol–water partition coefficient (Wildman–Crippen LogP) is 2.85. The molecule has 4 heterocycles. The van der Waals surface area contributed by atoms with Gasteiger partial charge in [-0.25, -0.2) is 4.98 Å². The maximum atomic E-state index is 13.4. The summed E-state index contributed by atoms with van der Waals surface area (Å²) in [5.41, 5.74) is 2.10. The molecule has 2 aliphatic rings.